The van der Waals surface area contributed by atoms with E-state index in [1.165, 1.54) is 5.56 Å². The molecule has 1 aliphatic rings. The fourth-order valence-electron chi connectivity index (χ4n) is 2.06. The van der Waals surface area contributed by atoms with Crippen molar-refractivity contribution in [1.29, 1.82) is 0 Å². The molecule has 0 heterocycles. The minimum absolute atomic E-state index is 0.0159. The van der Waals surface area contributed by atoms with Crippen LogP contribution in [-0.4, -0.2) is 19.0 Å². The molecule has 0 bridgehead atoms. The van der Waals surface area contributed by atoms with Crippen molar-refractivity contribution in [1.82, 2.24) is 5.32 Å². The number of hydrogen-bond donors (Lipinski definition) is 2. The predicted octanol–water partition coefficient (Wildman–Crippen LogP) is 1.77. The van der Waals surface area contributed by atoms with Crippen LogP contribution in [0.5, 0.6) is 0 Å². The number of benzene rings is 1. The average Bonchev–Trinajstić information content (AvgIpc) is 3.07. The van der Waals surface area contributed by atoms with Gasteiger partial charge in [0.25, 0.3) is 5.91 Å². The van der Waals surface area contributed by atoms with Crippen molar-refractivity contribution in [2.45, 2.75) is 26.7 Å². The van der Waals surface area contributed by atoms with E-state index in [0.29, 0.717) is 13.1 Å². The minimum atomic E-state index is 0.0159. The molecule has 0 aromatic heterocycles. The molecule has 1 fully saturated rings. The molecular weight excluding hydrogens is 212 g/mol. The summed E-state index contributed by atoms with van der Waals surface area (Å²) in [5.74, 6) is 0.0159. The van der Waals surface area contributed by atoms with Crippen LogP contribution in [0.4, 0.5) is 0 Å². The summed E-state index contributed by atoms with van der Waals surface area (Å²) in [5, 5.41) is 2.99. The number of nitrogens with two attached hydrogens (primary N) is 1. The van der Waals surface area contributed by atoms with Crippen molar-refractivity contribution in [2.75, 3.05) is 13.1 Å². The second kappa shape index (κ2) is 4.49. The largest absolute Gasteiger partial charge is 0.351 e. The van der Waals surface area contributed by atoms with Gasteiger partial charge >= 0.3 is 0 Å². The third-order valence-corrected chi connectivity index (χ3v) is 3.64. The molecule has 2 rings (SSSR count). The highest BCUT2D eigenvalue weighted by Gasteiger charge is 2.41. The van der Waals surface area contributed by atoms with E-state index in [0.717, 1.165) is 24.0 Å². The van der Waals surface area contributed by atoms with Gasteiger partial charge in [-0.15, -0.1) is 0 Å². The van der Waals surface area contributed by atoms with Crippen molar-refractivity contribution in [3.05, 3.63) is 34.9 Å². The van der Waals surface area contributed by atoms with Gasteiger partial charge in [-0.1, -0.05) is 17.7 Å². The summed E-state index contributed by atoms with van der Waals surface area (Å²) in [4.78, 5) is 12.0. The first-order chi connectivity index (χ1) is 8.06. The van der Waals surface area contributed by atoms with E-state index in [-0.39, 0.29) is 11.3 Å². The Labute approximate surface area is 102 Å². The quantitative estimate of drug-likeness (QED) is 0.831. The molecule has 1 amide bonds. The van der Waals surface area contributed by atoms with Gasteiger partial charge in [0.15, 0.2) is 0 Å². The summed E-state index contributed by atoms with van der Waals surface area (Å²) in [6, 6.07) is 5.89. The lowest BCUT2D eigenvalue weighted by atomic mass is 10.0. The number of hydrogen-bond acceptors (Lipinski definition) is 2. The van der Waals surface area contributed by atoms with E-state index in [1.807, 2.05) is 32.0 Å². The fourth-order valence-corrected chi connectivity index (χ4v) is 2.06. The van der Waals surface area contributed by atoms with Gasteiger partial charge < -0.3 is 11.1 Å². The van der Waals surface area contributed by atoms with Crippen LogP contribution in [0.3, 0.4) is 0 Å². The number of carbonyl (C=O) groups excluding carboxylic acids is 1. The molecule has 3 heteroatoms. The molecule has 3 nitrogen and oxygen atoms in total. The Bertz CT molecular complexity index is 436. The van der Waals surface area contributed by atoms with Gasteiger partial charge in [0.2, 0.25) is 0 Å². The van der Waals surface area contributed by atoms with Gasteiger partial charge in [-0.25, -0.2) is 0 Å². The molecule has 0 aliphatic heterocycles. The van der Waals surface area contributed by atoms with Crippen molar-refractivity contribution in [3.8, 4) is 0 Å². The summed E-state index contributed by atoms with van der Waals surface area (Å²) in [6.45, 7) is 5.37. The molecule has 0 radical (unpaired) electrons. The predicted molar refractivity (Wildman–Crippen MR) is 69.0 cm³/mol. The molecule has 0 saturated heterocycles. The number of amides is 1. The Morgan fingerprint density at radius 2 is 2.12 bits per heavy atom. The Morgan fingerprint density at radius 1 is 1.41 bits per heavy atom. The van der Waals surface area contributed by atoms with Gasteiger partial charge in [-0.05, 0) is 44.9 Å². The molecular formula is C14H20N2O. The highest BCUT2D eigenvalue weighted by molar-refractivity contribution is 5.95. The molecule has 1 aliphatic carbocycles. The van der Waals surface area contributed by atoms with Crippen LogP contribution in [0, 0.1) is 19.3 Å². The minimum Gasteiger partial charge on any atom is -0.351 e. The van der Waals surface area contributed by atoms with E-state index in [9.17, 15) is 4.79 Å². The summed E-state index contributed by atoms with van der Waals surface area (Å²) < 4.78 is 0. The average molecular weight is 232 g/mol. The first-order valence-corrected chi connectivity index (χ1v) is 6.12. The van der Waals surface area contributed by atoms with Crippen LogP contribution in [0.15, 0.2) is 18.2 Å². The lowest BCUT2D eigenvalue weighted by molar-refractivity contribution is 0.0945. The smallest absolute Gasteiger partial charge is 0.251 e. The van der Waals surface area contributed by atoms with Crippen molar-refractivity contribution < 1.29 is 4.79 Å². The van der Waals surface area contributed by atoms with Crippen LogP contribution >= 0.6 is 0 Å². The lowest BCUT2D eigenvalue weighted by Gasteiger charge is -2.14. The number of nitrogens with one attached hydrogen (secondary N) is 1. The van der Waals surface area contributed by atoms with E-state index >= 15 is 0 Å². The van der Waals surface area contributed by atoms with Gasteiger partial charge in [0, 0.05) is 17.5 Å². The maximum Gasteiger partial charge on any atom is 0.251 e. The van der Waals surface area contributed by atoms with Crippen molar-refractivity contribution >= 4 is 5.91 Å². The second-order valence-corrected chi connectivity index (χ2v) is 5.21. The molecule has 92 valence electrons. The third-order valence-electron chi connectivity index (χ3n) is 3.64. The van der Waals surface area contributed by atoms with Gasteiger partial charge in [0.05, 0.1) is 0 Å². The molecule has 3 N–H and O–H groups in total. The molecule has 17 heavy (non-hydrogen) atoms. The SMILES string of the molecule is Cc1ccc(C(=O)NCC2(CN)CC2)c(C)c1. The standard InChI is InChI=1S/C14H20N2O/c1-10-3-4-12(11(2)7-10)13(17)16-9-14(8-15)5-6-14/h3-4,7H,5-6,8-9,15H2,1-2H3,(H,16,17). The summed E-state index contributed by atoms with van der Waals surface area (Å²) >= 11 is 0. The van der Waals surface area contributed by atoms with Crippen LogP contribution in [-0.2, 0) is 0 Å². The zero-order valence-corrected chi connectivity index (χ0v) is 10.5. The monoisotopic (exact) mass is 232 g/mol. The highest BCUT2D eigenvalue weighted by atomic mass is 16.1. The zero-order chi connectivity index (χ0) is 12.5. The van der Waals surface area contributed by atoms with Crippen molar-refractivity contribution in [3.63, 3.8) is 0 Å². The second-order valence-electron chi connectivity index (χ2n) is 5.21. The maximum atomic E-state index is 12.0. The number of aryl methyl sites for hydroxylation is 2. The van der Waals surface area contributed by atoms with Crippen LogP contribution in [0.25, 0.3) is 0 Å². The first kappa shape index (κ1) is 12.1. The third kappa shape index (κ3) is 2.67. The molecule has 1 aromatic rings. The Kier molecular flexibility index (Phi) is 3.20. The van der Waals surface area contributed by atoms with Crippen LogP contribution < -0.4 is 11.1 Å². The maximum absolute atomic E-state index is 12.0. The molecule has 1 aromatic carbocycles. The fraction of sp³-hybridized carbons (Fsp3) is 0.500. The van der Waals surface area contributed by atoms with Gasteiger partial charge in [-0.2, -0.15) is 0 Å². The first-order valence-electron chi connectivity index (χ1n) is 6.12. The van der Waals surface area contributed by atoms with Crippen LogP contribution in [0.2, 0.25) is 0 Å². The molecule has 1 saturated carbocycles. The molecule has 0 atom stereocenters. The topological polar surface area (TPSA) is 55.1 Å². The molecule has 0 unspecified atom stereocenters. The van der Waals surface area contributed by atoms with E-state index in [1.54, 1.807) is 0 Å². The Morgan fingerprint density at radius 3 is 2.65 bits per heavy atom. The number of carbonyl (C=O) groups is 1. The van der Waals surface area contributed by atoms with E-state index < -0.39 is 0 Å². The normalized spacial score (nSPS) is 16.6. The molecule has 0 spiro atoms. The van der Waals surface area contributed by atoms with E-state index in [4.69, 9.17) is 5.73 Å². The number of rotatable bonds is 4. The highest BCUT2D eigenvalue weighted by Crippen LogP contribution is 2.43. The van der Waals surface area contributed by atoms with Gasteiger partial charge in [-0.3, -0.25) is 4.79 Å². The van der Waals surface area contributed by atoms with Crippen molar-refractivity contribution in [2.24, 2.45) is 11.1 Å². The van der Waals surface area contributed by atoms with E-state index in [2.05, 4.69) is 5.32 Å². The summed E-state index contributed by atoms with van der Waals surface area (Å²) in [5.41, 5.74) is 8.86. The lowest BCUT2D eigenvalue weighted by Crippen LogP contribution is -2.34. The Hall–Kier alpha value is -1.35. The Balaban J connectivity index is 2.00. The van der Waals surface area contributed by atoms with Crippen LogP contribution in [0.1, 0.15) is 34.3 Å². The summed E-state index contributed by atoms with van der Waals surface area (Å²) in [7, 11) is 0. The summed E-state index contributed by atoms with van der Waals surface area (Å²) in [6.07, 6.45) is 2.27. The zero-order valence-electron chi connectivity index (χ0n) is 10.5. The van der Waals surface area contributed by atoms with Gasteiger partial charge in [0.1, 0.15) is 0 Å².